The van der Waals surface area contributed by atoms with Crippen molar-refractivity contribution >= 4 is 60.7 Å². The van der Waals surface area contributed by atoms with Crippen LogP contribution in [0.4, 0.5) is 11.4 Å². The Balaban J connectivity index is 2.24. The molecule has 108 valence electrons. The number of anilines is 1. The molecule has 0 saturated heterocycles. The third-order valence-electron chi connectivity index (χ3n) is 2.59. The highest BCUT2D eigenvalue weighted by atomic mass is 79.9. The zero-order valence-electron chi connectivity index (χ0n) is 10.3. The summed E-state index contributed by atoms with van der Waals surface area (Å²) < 4.78 is 1.57. The molecule has 0 atom stereocenters. The molecule has 1 N–H and O–H groups in total. The van der Waals surface area contributed by atoms with E-state index < -0.39 is 10.8 Å². The maximum absolute atomic E-state index is 12.1. The lowest BCUT2D eigenvalue weighted by molar-refractivity contribution is -0.384. The fourth-order valence-electron chi connectivity index (χ4n) is 1.58. The Hall–Kier alpha value is -1.44. The van der Waals surface area contributed by atoms with E-state index in [0.29, 0.717) is 10.2 Å². The van der Waals surface area contributed by atoms with Crippen molar-refractivity contribution in [3.05, 3.63) is 66.0 Å². The molecule has 2 aromatic carbocycles. The van der Waals surface area contributed by atoms with Crippen LogP contribution in [-0.4, -0.2) is 10.8 Å². The highest BCUT2D eigenvalue weighted by Crippen LogP contribution is 2.28. The lowest BCUT2D eigenvalue weighted by Crippen LogP contribution is -2.12. The van der Waals surface area contributed by atoms with Crippen molar-refractivity contribution in [2.75, 3.05) is 5.32 Å². The van der Waals surface area contributed by atoms with Crippen molar-refractivity contribution in [2.45, 2.75) is 0 Å². The fraction of sp³-hybridized carbons (Fsp3) is 0. The van der Waals surface area contributed by atoms with E-state index in [9.17, 15) is 14.9 Å². The molecular weight excluding hydrogens is 427 g/mol. The molecule has 2 rings (SSSR count). The first-order valence-corrected chi connectivity index (χ1v) is 7.55. The molecule has 0 bridgehead atoms. The van der Waals surface area contributed by atoms with Gasteiger partial charge in [0.25, 0.3) is 11.6 Å². The molecule has 1 amide bonds. The number of rotatable bonds is 3. The SMILES string of the molecule is O=C(Nc1ccc(Br)cc1Br)c1ccc([N+](=O)[O-])c(Cl)c1. The van der Waals surface area contributed by atoms with Gasteiger partial charge in [0, 0.05) is 20.6 Å². The van der Waals surface area contributed by atoms with Crippen LogP contribution in [0.2, 0.25) is 5.02 Å². The summed E-state index contributed by atoms with van der Waals surface area (Å²) >= 11 is 12.4. The maximum atomic E-state index is 12.1. The molecule has 2 aromatic rings. The lowest BCUT2D eigenvalue weighted by atomic mass is 10.2. The number of amides is 1. The first-order valence-electron chi connectivity index (χ1n) is 5.59. The van der Waals surface area contributed by atoms with E-state index in [-0.39, 0.29) is 16.3 Å². The number of nitro benzene ring substituents is 1. The van der Waals surface area contributed by atoms with Crippen molar-refractivity contribution < 1.29 is 9.72 Å². The number of hydrogen-bond donors (Lipinski definition) is 1. The second-order valence-corrected chi connectivity index (χ2v) is 6.18. The molecule has 0 aliphatic carbocycles. The summed E-state index contributed by atoms with van der Waals surface area (Å²) in [5.41, 5.74) is 0.580. The summed E-state index contributed by atoms with van der Waals surface area (Å²) in [6.07, 6.45) is 0. The molecule has 0 fully saturated rings. The molecule has 0 spiro atoms. The first-order chi connectivity index (χ1) is 9.88. The minimum Gasteiger partial charge on any atom is -0.321 e. The van der Waals surface area contributed by atoms with Gasteiger partial charge in [-0.2, -0.15) is 0 Å². The largest absolute Gasteiger partial charge is 0.321 e. The van der Waals surface area contributed by atoms with Crippen LogP contribution in [0.1, 0.15) is 10.4 Å². The topological polar surface area (TPSA) is 72.2 Å². The van der Waals surface area contributed by atoms with Gasteiger partial charge in [-0.05, 0) is 46.3 Å². The normalized spacial score (nSPS) is 10.2. The first kappa shape index (κ1) is 15.9. The number of carbonyl (C=O) groups excluding carboxylic acids is 1. The van der Waals surface area contributed by atoms with Crippen molar-refractivity contribution in [3.8, 4) is 0 Å². The van der Waals surface area contributed by atoms with Gasteiger partial charge >= 0.3 is 0 Å². The lowest BCUT2D eigenvalue weighted by Gasteiger charge is -2.08. The number of nitro groups is 1. The van der Waals surface area contributed by atoms with Gasteiger partial charge in [-0.3, -0.25) is 14.9 Å². The summed E-state index contributed by atoms with van der Waals surface area (Å²) in [5.74, 6) is -0.408. The molecule has 0 aliphatic heterocycles. The van der Waals surface area contributed by atoms with Gasteiger partial charge in [-0.15, -0.1) is 0 Å². The summed E-state index contributed by atoms with van der Waals surface area (Å²) in [6, 6.07) is 9.11. The highest BCUT2D eigenvalue weighted by molar-refractivity contribution is 9.11. The Morgan fingerprint density at radius 2 is 1.90 bits per heavy atom. The molecular formula is C13H7Br2ClN2O3. The van der Waals surface area contributed by atoms with Crippen LogP contribution in [0.15, 0.2) is 45.3 Å². The Morgan fingerprint density at radius 1 is 1.19 bits per heavy atom. The van der Waals surface area contributed by atoms with Crippen molar-refractivity contribution in [3.63, 3.8) is 0 Å². The number of nitrogens with zero attached hydrogens (tertiary/aromatic N) is 1. The number of nitrogens with one attached hydrogen (secondary N) is 1. The standard InChI is InChI=1S/C13H7Br2ClN2O3/c14-8-2-3-11(9(15)6-8)17-13(19)7-1-4-12(18(20)21)10(16)5-7/h1-6H,(H,17,19). The second kappa shape index (κ2) is 6.55. The average Bonchev–Trinajstić information content (AvgIpc) is 2.41. The predicted octanol–water partition coefficient (Wildman–Crippen LogP) is 5.03. The molecule has 0 heterocycles. The Labute approximate surface area is 141 Å². The van der Waals surface area contributed by atoms with Gasteiger partial charge in [0.2, 0.25) is 0 Å². The molecule has 0 radical (unpaired) electrons. The van der Waals surface area contributed by atoms with Crippen LogP contribution in [0.25, 0.3) is 0 Å². The van der Waals surface area contributed by atoms with Gasteiger partial charge < -0.3 is 5.32 Å². The monoisotopic (exact) mass is 432 g/mol. The van der Waals surface area contributed by atoms with E-state index in [0.717, 1.165) is 4.47 Å². The van der Waals surface area contributed by atoms with E-state index in [1.165, 1.54) is 18.2 Å². The summed E-state index contributed by atoms with van der Waals surface area (Å²) in [6.45, 7) is 0. The molecule has 5 nitrogen and oxygen atoms in total. The second-order valence-electron chi connectivity index (χ2n) is 4.00. The molecule has 21 heavy (non-hydrogen) atoms. The van der Waals surface area contributed by atoms with E-state index >= 15 is 0 Å². The smallest absolute Gasteiger partial charge is 0.287 e. The average molecular weight is 434 g/mol. The fourth-order valence-corrected chi connectivity index (χ4v) is 2.98. The number of carbonyl (C=O) groups is 1. The molecule has 0 saturated carbocycles. The van der Waals surface area contributed by atoms with Crippen molar-refractivity contribution in [1.29, 1.82) is 0 Å². The zero-order valence-corrected chi connectivity index (χ0v) is 14.2. The van der Waals surface area contributed by atoms with Crippen LogP contribution < -0.4 is 5.32 Å². The Morgan fingerprint density at radius 3 is 2.48 bits per heavy atom. The molecule has 0 unspecified atom stereocenters. The summed E-state index contributed by atoms with van der Waals surface area (Å²) in [7, 11) is 0. The third kappa shape index (κ3) is 3.81. The van der Waals surface area contributed by atoms with Crippen LogP contribution >= 0.6 is 43.5 Å². The number of hydrogen-bond acceptors (Lipinski definition) is 3. The van der Waals surface area contributed by atoms with Crippen molar-refractivity contribution in [2.24, 2.45) is 0 Å². The van der Waals surface area contributed by atoms with Gasteiger partial charge in [0.05, 0.1) is 10.6 Å². The molecule has 0 aromatic heterocycles. The van der Waals surface area contributed by atoms with Crippen LogP contribution in [0.5, 0.6) is 0 Å². The van der Waals surface area contributed by atoms with Gasteiger partial charge in [0.1, 0.15) is 5.02 Å². The highest BCUT2D eigenvalue weighted by Gasteiger charge is 2.16. The van der Waals surface area contributed by atoms with E-state index in [2.05, 4.69) is 37.2 Å². The van der Waals surface area contributed by atoms with Crippen LogP contribution in [0.3, 0.4) is 0 Å². The Bertz CT molecular complexity index is 737. The minimum atomic E-state index is -0.602. The third-order valence-corrected chi connectivity index (χ3v) is 4.04. The van der Waals surface area contributed by atoms with E-state index in [1.54, 1.807) is 18.2 Å². The van der Waals surface area contributed by atoms with E-state index in [4.69, 9.17) is 11.6 Å². The minimum absolute atomic E-state index is 0.0810. The van der Waals surface area contributed by atoms with Crippen molar-refractivity contribution in [1.82, 2.24) is 0 Å². The van der Waals surface area contributed by atoms with Crippen LogP contribution in [-0.2, 0) is 0 Å². The maximum Gasteiger partial charge on any atom is 0.287 e. The van der Waals surface area contributed by atoms with Gasteiger partial charge in [-0.25, -0.2) is 0 Å². The van der Waals surface area contributed by atoms with Gasteiger partial charge in [0.15, 0.2) is 0 Å². The van der Waals surface area contributed by atoms with Gasteiger partial charge in [-0.1, -0.05) is 27.5 Å². The van der Waals surface area contributed by atoms with Crippen LogP contribution in [0, 0.1) is 10.1 Å². The Kier molecular flexibility index (Phi) is 4.97. The molecule has 0 aliphatic rings. The summed E-state index contributed by atoms with van der Waals surface area (Å²) in [4.78, 5) is 22.2. The quantitative estimate of drug-likeness (QED) is 0.544. The number of benzene rings is 2. The molecule has 8 heteroatoms. The summed E-state index contributed by atoms with van der Waals surface area (Å²) in [5, 5.41) is 13.3. The van der Waals surface area contributed by atoms with E-state index in [1.807, 2.05) is 0 Å². The number of halogens is 3. The predicted molar refractivity (Wildman–Crippen MR) is 87.9 cm³/mol. The zero-order chi connectivity index (χ0) is 15.6.